The van der Waals surface area contributed by atoms with Gasteiger partial charge < -0.3 is 5.32 Å². The highest BCUT2D eigenvalue weighted by Gasteiger charge is 2.34. The zero-order valence-electron chi connectivity index (χ0n) is 11.2. The smallest absolute Gasteiger partial charge is 0.0252 e. The normalized spacial score (nSPS) is 31.3. The summed E-state index contributed by atoms with van der Waals surface area (Å²) in [5.74, 6) is 1.02. The third-order valence-corrected chi connectivity index (χ3v) is 4.36. The van der Waals surface area contributed by atoms with Gasteiger partial charge in [-0.05, 0) is 52.5 Å². The van der Waals surface area contributed by atoms with Crippen molar-refractivity contribution in [1.29, 1.82) is 0 Å². The molecule has 1 N–H and O–H groups in total. The molecule has 0 heterocycles. The van der Waals surface area contributed by atoms with E-state index < -0.39 is 0 Å². The van der Waals surface area contributed by atoms with Crippen LogP contribution in [0.2, 0.25) is 0 Å². The zero-order chi connectivity index (χ0) is 11.5. The minimum absolute atomic E-state index is 0.708. The third kappa shape index (κ3) is 2.98. The van der Waals surface area contributed by atoms with E-state index >= 15 is 0 Å². The summed E-state index contributed by atoms with van der Waals surface area (Å²) in [5.41, 5.74) is 0. The highest BCUT2D eigenvalue weighted by molar-refractivity contribution is 4.91. The molecule has 94 valence electrons. The first-order valence-electron chi connectivity index (χ1n) is 7.15. The molecular formula is C14H28N2. The van der Waals surface area contributed by atoms with E-state index in [0.717, 1.165) is 18.0 Å². The van der Waals surface area contributed by atoms with Gasteiger partial charge in [-0.1, -0.05) is 12.8 Å². The Morgan fingerprint density at radius 3 is 2.38 bits per heavy atom. The lowest BCUT2D eigenvalue weighted by Crippen LogP contribution is -2.53. The van der Waals surface area contributed by atoms with Crippen LogP contribution in [0.3, 0.4) is 0 Å². The molecule has 2 heteroatoms. The van der Waals surface area contributed by atoms with Crippen molar-refractivity contribution in [2.75, 3.05) is 13.6 Å². The first-order valence-corrected chi connectivity index (χ1v) is 7.15. The van der Waals surface area contributed by atoms with E-state index in [1.165, 1.54) is 45.1 Å². The van der Waals surface area contributed by atoms with Crippen molar-refractivity contribution in [3.05, 3.63) is 0 Å². The van der Waals surface area contributed by atoms with Gasteiger partial charge in [0.15, 0.2) is 0 Å². The number of rotatable bonds is 5. The van der Waals surface area contributed by atoms with Crippen molar-refractivity contribution in [2.45, 2.75) is 70.5 Å². The lowest BCUT2D eigenvalue weighted by atomic mass is 9.88. The maximum atomic E-state index is 3.54. The van der Waals surface area contributed by atoms with Crippen LogP contribution in [0, 0.1) is 5.92 Å². The van der Waals surface area contributed by atoms with Crippen LogP contribution < -0.4 is 5.32 Å². The Kier molecular flexibility index (Phi) is 4.26. The molecule has 0 spiro atoms. The van der Waals surface area contributed by atoms with Crippen LogP contribution in [0.15, 0.2) is 0 Å². The van der Waals surface area contributed by atoms with Gasteiger partial charge in [-0.25, -0.2) is 0 Å². The number of nitrogens with one attached hydrogen (secondary N) is 1. The molecule has 2 fully saturated rings. The van der Waals surface area contributed by atoms with Crippen LogP contribution in [-0.4, -0.2) is 36.6 Å². The van der Waals surface area contributed by atoms with E-state index in [2.05, 4.69) is 31.1 Å². The number of nitrogens with zero attached hydrogens (tertiary/aromatic N) is 1. The first-order chi connectivity index (χ1) is 7.72. The fourth-order valence-corrected chi connectivity index (χ4v) is 3.17. The molecule has 16 heavy (non-hydrogen) atoms. The van der Waals surface area contributed by atoms with Crippen LogP contribution in [0.4, 0.5) is 0 Å². The number of hydrogen-bond donors (Lipinski definition) is 1. The molecule has 0 aromatic carbocycles. The molecule has 0 radical (unpaired) electrons. The van der Waals surface area contributed by atoms with Gasteiger partial charge in [-0.3, -0.25) is 4.90 Å². The molecule has 2 unspecified atom stereocenters. The standard InChI is InChI=1S/C14H28N2/c1-11(2)16(10-12-8-9-12)14-7-5-4-6-13(14)15-3/h11-15H,4-10H2,1-3H3. The second kappa shape index (κ2) is 5.50. The molecule has 0 amide bonds. The average molecular weight is 224 g/mol. The zero-order valence-corrected chi connectivity index (χ0v) is 11.2. The van der Waals surface area contributed by atoms with Crippen molar-refractivity contribution in [2.24, 2.45) is 5.92 Å². The molecule has 2 atom stereocenters. The Hall–Kier alpha value is -0.0800. The SMILES string of the molecule is CNC1CCCCC1N(CC1CC1)C(C)C. The topological polar surface area (TPSA) is 15.3 Å². The van der Waals surface area contributed by atoms with Gasteiger partial charge in [-0.2, -0.15) is 0 Å². The summed E-state index contributed by atoms with van der Waals surface area (Å²) >= 11 is 0. The van der Waals surface area contributed by atoms with Gasteiger partial charge in [0, 0.05) is 24.7 Å². The molecule has 0 bridgehead atoms. The van der Waals surface area contributed by atoms with Crippen LogP contribution in [-0.2, 0) is 0 Å². The Bertz CT molecular complexity index is 211. The minimum Gasteiger partial charge on any atom is -0.315 e. The maximum absolute atomic E-state index is 3.54. The van der Waals surface area contributed by atoms with Gasteiger partial charge in [-0.15, -0.1) is 0 Å². The lowest BCUT2D eigenvalue weighted by molar-refractivity contribution is 0.0895. The van der Waals surface area contributed by atoms with Crippen LogP contribution >= 0.6 is 0 Å². The number of likely N-dealkylation sites (N-methyl/N-ethyl adjacent to an activating group) is 1. The molecule has 2 nitrogen and oxygen atoms in total. The van der Waals surface area contributed by atoms with Crippen LogP contribution in [0.1, 0.15) is 52.4 Å². The summed E-state index contributed by atoms with van der Waals surface area (Å²) < 4.78 is 0. The monoisotopic (exact) mass is 224 g/mol. The van der Waals surface area contributed by atoms with E-state index in [4.69, 9.17) is 0 Å². The summed E-state index contributed by atoms with van der Waals surface area (Å²) in [4.78, 5) is 2.78. The van der Waals surface area contributed by atoms with Gasteiger partial charge >= 0.3 is 0 Å². The fraction of sp³-hybridized carbons (Fsp3) is 1.00. The molecule has 0 aromatic heterocycles. The summed E-state index contributed by atoms with van der Waals surface area (Å²) in [5, 5.41) is 3.54. The Morgan fingerprint density at radius 2 is 1.81 bits per heavy atom. The summed E-state index contributed by atoms with van der Waals surface area (Å²) in [6.45, 7) is 6.08. The molecule has 0 aliphatic heterocycles. The van der Waals surface area contributed by atoms with Gasteiger partial charge in [0.2, 0.25) is 0 Å². The second-order valence-corrected chi connectivity index (χ2v) is 5.98. The lowest BCUT2D eigenvalue weighted by Gasteiger charge is -2.42. The van der Waals surface area contributed by atoms with E-state index in [1.54, 1.807) is 0 Å². The van der Waals surface area contributed by atoms with Gasteiger partial charge in [0.25, 0.3) is 0 Å². The molecule has 2 aliphatic carbocycles. The van der Waals surface area contributed by atoms with Gasteiger partial charge in [0.05, 0.1) is 0 Å². The second-order valence-electron chi connectivity index (χ2n) is 5.98. The maximum Gasteiger partial charge on any atom is 0.0252 e. The van der Waals surface area contributed by atoms with E-state index in [9.17, 15) is 0 Å². The molecule has 2 rings (SSSR count). The highest BCUT2D eigenvalue weighted by Crippen LogP contribution is 2.33. The molecular weight excluding hydrogens is 196 g/mol. The Balaban J connectivity index is 1.97. The van der Waals surface area contributed by atoms with E-state index in [-0.39, 0.29) is 0 Å². The van der Waals surface area contributed by atoms with Gasteiger partial charge in [0.1, 0.15) is 0 Å². The molecule has 0 aromatic rings. The largest absolute Gasteiger partial charge is 0.315 e. The quantitative estimate of drug-likeness (QED) is 0.772. The molecule has 2 saturated carbocycles. The van der Waals surface area contributed by atoms with Crippen molar-refractivity contribution < 1.29 is 0 Å². The van der Waals surface area contributed by atoms with Crippen molar-refractivity contribution >= 4 is 0 Å². The van der Waals surface area contributed by atoms with Crippen LogP contribution in [0.25, 0.3) is 0 Å². The average Bonchev–Trinajstić information content (AvgIpc) is 3.09. The van der Waals surface area contributed by atoms with Crippen molar-refractivity contribution in [3.63, 3.8) is 0 Å². The Morgan fingerprint density at radius 1 is 1.12 bits per heavy atom. The van der Waals surface area contributed by atoms with Crippen molar-refractivity contribution in [3.8, 4) is 0 Å². The molecule has 0 saturated heterocycles. The molecule has 2 aliphatic rings. The van der Waals surface area contributed by atoms with E-state index in [1.807, 2.05) is 0 Å². The predicted molar refractivity (Wildman–Crippen MR) is 69.7 cm³/mol. The fourth-order valence-electron chi connectivity index (χ4n) is 3.17. The predicted octanol–water partition coefficient (Wildman–Crippen LogP) is 2.64. The first kappa shape index (κ1) is 12.4. The Labute approximate surface area is 101 Å². The van der Waals surface area contributed by atoms with Crippen molar-refractivity contribution in [1.82, 2.24) is 10.2 Å². The third-order valence-electron chi connectivity index (χ3n) is 4.36. The highest BCUT2D eigenvalue weighted by atomic mass is 15.2. The number of hydrogen-bond acceptors (Lipinski definition) is 2. The van der Waals surface area contributed by atoms with E-state index in [0.29, 0.717) is 6.04 Å². The summed E-state index contributed by atoms with van der Waals surface area (Å²) in [6.07, 6.45) is 8.56. The summed E-state index contributed by atoms with van der Waals surface area (Å²) in [6, 6.07) is 2.23. The summed E-state index contributed by atoms with van der Waals surface area (Å²) in [7, 11) is 2.14. The van der Waals surface area contributed by atoms with Crippen LogP contribution in [0.5, 0.6) is 0 Å². The minimum atomic E-state index is 0.708.